The Morgan fingerprint density at radius 1 is 1.19 bits per heavy atom. The SMILES string of the molecule is COC1(Cc2c(C)cc(C)cc2C)CNC1. The van der Waals surface area contributed by atoms with Crippen molar-refractivity contribution in [1.29, 1.82) is 0 Å². The molecule has 1 N–H and O–H groups in total. The molecule has 2 heteroatoms. The van der Waals surface area contributed by atoms with Crippen molar-refractivity contribution in [2.75, 3.05) is 20.2 Å². The quantitative estimate of drug-likeness (QED) is 0.841. The number of nitrogens with one attached hydrogen (secondary N) is 1. The fourth-order valence-electron chi connectivity index (χ4n) is 2.56. The Bertz CT molecular complexity index is 365. The molecule has 1 aromatic rings. The predicted molar refractivity (Wildman–Crippen MR) is 67.0 cm³/mol. The van der Waals surface area contributed by atoms with Gasteiger partial charge in [-0.2, -0.15) is 0 Å². The van der Waals surface area contributed by atoms with Crippen LogP contribution < -0.4 is 5.32 Å². The maximum Gasteiger partial charge on any atom is 0.0966 e. The summed E-state index contributed by atoms with van der Waals surface area (Å²) in [6.45, 7) is 8.49. The van der Waals surface area contributed by atoms with Crippen LogP contribution in [-0.4, -0.2) is 25.8 Å². The highest BCUT2D eigenvalue weighted by molar-refractivity contribution is 5.38. The van der Waals surface area contributed by atoms with Crippen LogP contribution in [0.1, 0.15) is 22.3 Å². The van der Waals surface area contributed by atoms with Gasteiger partial charge in [0, 0.05) is 26.6 Å². The van der Waals surface area contributed by atoms with Crippen LogP contribution >= 0.6 is 0 Å². The second kappa shape index (κ2) is 4.19. The van der Waals surface area contributed by atoms with Gasteiger partial charge in [-0.25, -0.2) is 0 Å². The molecule has 16 heavy (non-hydrogen) atoms. The standard InChI is InChI=1S/C14H21NO/c1-10-5-11(2)13(12(3)6-10)7-14(16-4)8-15-9-14/h5-6,15H,7-9H2,1-4H3. The average Bonchev–Trinajstić information content (AvgIpc) is 2.14. The third kappa shape index (κ3) is 2.00. The van der Waals surface area contributed by atoms with E-state index in [2.05, 4.69) is 38.2 Å². The van der Waals surface area contributed by atoms with Crippen molar-refractivity contribution in [2.24, 2.45) is 0 Å². The van der Waals surface area contributed by atoms with Crippen molar-refractivity contribution >= 4 is 0 Å². The summed E-state index contributed by atoms with van der Waals surface area (Å²) in [6, 6.07) is 4.52. The molecular formula is C14H21NO. The van der Waals surface area contributed by atoms with Crippen molar-refractivity contribution in [3.05, 3.63) is 34.4 Å². The fraction of sp³-hybridized carbons (Fsp3) is 0.571. The number of methoxy groups -OCH3 is 1. The van der Waals surface area contributed by atoms with E-state index < -0.39 is 0 Å². The highest BCUT2D eigenvalue weighted by atomic mass is 16.5. The number of hydrogen-bond acceptors (Lipinski definition) is 2. The van der Waals surface area contributed by atoms with E-state index in [-0.39, 0.29) is 5.60 Å². The second-order valence-corrected chi connectivity index (χ2v) is 5.04. The van der Waals surface area contributed by atoms with Gasteiger partial charge in [-0.05, 0) is 37.5 Å². The van der Waals surface area contributed by atoms with Gasteiger partial charge in [0.15, 0.2) is 0 Å². The highest BCUT2D eigenvalue weighted by Gasteiger charge is 2.37. The molecule has 2 rings (SSSR count). The van der Waals surface area contributed by atoms with Crippen molar-refractivity contribution in [3.63, 3.8) is 0 Å². The van der Waals surface area contributed by atoms with Gasteiger partial charge in [-0.15, -0.1) is 0 Å². The molecule has 0 atom stereocenters. The lowest BCUT2D eigenvalue weighted by atomic mass is 9.85. The smallest absolute Gasteiger partial charge is 0.0966 e. The van der Waals surface area contributed by atoms with Gasteiger partial charge >= 0.3 is 0 Å². The summed E-state index contributed by atoms with van der Waals surface area (Å²) >= 11 is 0. The van der Waals surface area contributed by atoms with Gasteiger partial charge in [0.05, 0.1) is 5.60 Å². The molecule has 0 radical (unpaired) electrons. The zero-order valence-electron chi connectivity index (χ0n) is 10.7. The van der Waals surface area contributed by atoms with Crippen LogP contribution in [0.5, 0.6) is 0 Å². The van der Waals surface area contributed by atoms with Crippen LogP contribution in [0.15, 0.2) is 12.1 Å². The Morgan fingerprint density at radius 3 is 2.12 bits per heavy atom. The van der Waals surface area contributed by atoms with Crippen molar-refractivity contribution < 1.29 is 4.74 Å². The molecule has 1 saturated heterocycles. The molecule has 88 valence electrons. The molecular weight excluding hydrogens is 198 g/mol. The molecule has 0 unspecified atom stereocenters. The third-order valence-electron chi connectivity index (χ3n) is 3.67. The van der Waals surface area contributed by atoms with E-state index in [0.717, 1.165) is 19.5 Å². The molecule has 0 aliphatic carbocycles. The van der Waals surface area contributed by atoms with E-state index in [1.807, 2.05) is 7.11 Å². The first-order valence-electron chi connectivity index (χ1n) is 5.89. The zero-order valence-corrected chi connectivity index (χ0v) is 10.7. The molecule has 1 aliphatic heterocycles. The normalized spacial score (nSPS) is 18.2. The minimum absolute atomic E-state index is 0.0325. The van der Waals surface area contributed by atoms with E-state index in [0.29, 0.717) is 0 Å². The molecule has 1 aromatic carbocycles. The van der Waals surface area contributed by atoms with E-state index in [1.54, 1.807) is 0 Å². The molecule has 0 spiro atoms. The van der Waals surface area contributed by atoms with Gasteiger partial charge in [0.1, 0.15) is 0 Å². The molecule has 1 aliphatic rings. The topological polar surface area (TPSA) is 21.3 Å². The Hall–Kier alpha value is -0.860. The summed E-state index contributed by atoms with van der Waals surface area (Å²) in [5.41, 5.74) is 5.61. The van der Waals surface area contributed by atoms with Gasteiger partial charge in [0.25, 0.3) is 0 Å². The van der Waals surface area contributed by atoms with E-state index in [9.17, 15) is 0 Å². The van der Waals surface area contributed by atoms with Gasteiger partial charge < -0.3 is 10.1 Å². The molecule has 1 heterocycles. The lowest BCUT2D eigenvalue weighted by Gasteiger charge is -2.42. The van der Waals surface area contributed by atoms with Crippen LogP contribution in [0.3, 0.4) is 0 Å². The largest absolute Gasteiger partial charge is 0.375 e. The fourth-order valence-corrected chi connectivity index (χ4v) is 2.56. The lowest BCUT2D eigenvalue weighted by Crippen LogP contribution is -2.62. The van der Waals surface area contributed by atoms with E-state index >= 15 is 0 Å². The number of aryl methyl sites for hydroxylation is 3. The monoisotopic (exact) mass is 219 g/mol. The number of benzene rings is 1. The van der Waals surface area contributed by atoms with Crippen LogP contribution in [-0.2, 0) is 11.2 Å². The first-order chi connectivity index (χ1) is 7.56. The van der Waals surface area contributed by atoms with Crippen LogP contribution in [0.4, 0.5) is 0 Å². The van der Waals surface area contributed by atoms with Crippen LogP contribution in [0.25, 0.3) is 0 Å². The summed E-state index contributed by atoms with van der Waals surface area (Å²) < 4.78 is 5.66. The lowest BCUT2D eigenvalue weighted by molar-refractivity contribution is -0.0504. The average molecular weight is 219 g/mol. The zero-order chi connectivity index (χ0) is 11.8. The van der Waals surface area contributed by atoms with Crippen LogP contribution in [0.2, 0.25) is 0 Å². The Morgan fingerprint density at radius 2 is 1.75 bits per heavy atom. The summed E-state index contributed by atoms with van der Waals surface area (Å²) in [6.07, 6.45) is 1.02. The summed E-state index contributed by atoms with van der Waals surface area (Å²) in [5.74, 6) is 0. The van der Waals surface area contributed by atoms with E-state index in [1.165, 1.54) is 22.3 Å². The number of ether oxygens (including phenoxy) is 1. The minimum Gasteiger partial charge on any atom is -0.375 e. The van der Waals surface area contributed by atoms with Gasteiger partial charge in [-0.3, -0.25) is 0 Å². The van der Waals surface area contributed by atoms with Crippen LogP contribution in [0, 0.1) is 20.8 Å². The van der Waals surface area contributed by atoms with Crippen molar-refractivity contribution in [2.45, 2.75) is 32.8 Å². The maximum absolute atomic E-state index is 5.66. The Balaban J connectivity index is 2.27. The molecule has 2 nitrogen and oxygen atoms in total. The van der Waals surface area contributed by atoms with Gasteiger partial charge in [-0.1, -0.05) is 17.7 Å². The van der Waals surface area contributed by atoms with Crippen molar-refractivity contribution in [3.8, 4) is 0 Å². The molecule has 0 saturated carbocycles. The molecule has 0 bridgehead atoms. The first kappa shape index (κ1) is 11.6. The van der Waals surface area contributed by atoms with Gasteiger partial charge in [0.2, 0.25) is 0 Å². The highest BCUT2D eigenvalue weighted by Crippen LogP contribution is 2.26. The Labute approximate surface area is 98.0 Å². The summed E-state index contributed by atoms with van der Waals surface area (Å²) in [5, 5.41) is 3.30. The number of hydrogen-bond donors (Lipinski definition) is 1. The second-order valence-electron chi connectivity index (χ2n) is 5.04. The number of rotatable bonds is 3. The molecule has 1 fully saturated rings. The predicted octanol–water partition coefficient (Wildman–Crippen LogP) is 2.14. The Kier molecular flexibility index (Phi) is 3.04. The van der Waals surface area contributed by atoms with Crippen molar-refractivity contribution in [1.82, 2.24) is 5.32 Å². The van der Waals surface area contributed by atoms with E-state index in [4.69, 9.17) is 4.74 Å². The molecule has 0 amide bonds. The first-order valence-corrected chi connectivity index (χ1v) is 5.89. The third-order valence-corrected chi connectivity index (χ3v) is 3.67. The summed E-state index contributed by atoms with van der Waals surface area (Å²) in [7, 11) is 1.82. The minimum atomic E-state index is 0.0325. The summed E-state index contributed by atoms with van der Waals surface area (Å²) in [4.78, 5) is 0. The molecule has 0 aromatic heterocycles. The maximum atomic E-state index is 5.66.